The van der Waals surface area contributed by atoms with Gasteiger partial charge in [0.1, 0.15) is 16.5 Å². The van der Waals surface area contributed by atoms with E-state index in [1.54, 1.807) is 25.6 Å². The van der Waals surface area contributed by atoms with E-state index in [4.69, 9.17) is 19.2 Å². The van der Waals surface area contributed by atoms with Gasteiger partial charge in [-0.3, -0.25) is 4.90 Å². The molecular weight excluding hydrogens is 324 g/mol. The molecule has 6 heteroatoms. The second-order valence-electron chi connectivity index (χ2n) is 6.13. The number of hydrogen-bond donors (Lipinski definition) is 0. The van der Waals surface area contributed by atoms with E-state index >= 15 is 0 Å². The summed E-state index contributed by atoms with van der Waals surface area (Å²) in [6.45, 7) is 6.90. The lowest BCUT2D eigenvalue weighted by Crippen LogP contribution is -2.46. The van der Waals surface area contributed by atoms with Crippen molar-refractivity contribution in [3.8, 4) is 22.1 Å². The summed E-state index contributed by atoms with van der Waals surface area (Å²) in [7, 11) is 3.32. The molecule has 0 saturated carbocycles. The van der Waals surface area contributed by atoms with Crippen molar-refractivity contribution in [2.45, 2.75) is 32.5 Å². The largest absolute Gasteiger partial charge is 0.497 e. The van der Waals surface area contributed by atoms with Crippen LogP contribution in [-0.2, 0) is 11.3 Å². The summed E-state index contributed by atoms with van der Waals surface area (Å²) in [6, 6.07) is 6.24. The minimum Gasteiger partial charge on any atom is -0.497 e. The molecule has 0 spiro atoms. The van der Waals surface area contributed by atoms with Crippen LogP contribution in [0.25, 0.3) is 10.6 Å². The van der Waals surface area contributed by atoms with Gasteiger partial charge in [-0.15, -0.1) is 11.3 Å². The summed E-state index contributed by atoms with van der Waals surface area (Å²) in [6.07, 6.45) is 0.279. The van der Waals surface area contributed by atoms with Gasteiger partial charge in [-0.1, -0.05) is 0 Å². The quantitative estimate of drug-likeness (QED) is 0.828. The van der Waals surface area contributed by atoms with Crippen LogP contribution in [0, 0.1) is 0 Å². The molecular formula is C18H24N2O3S. The summed E-state index contributed by atoms with van der Waals surface area (Å²) in [4.78, 5) is 7.24. The molecule has 0 N–H and O–H groups in total. The third kappa shape index (κ3) is 3.71. The molecule has 2 aromatic rings. The second-order valence-corrected chi connectivity index (χ2v) is 6.99. The van der Waals surface area contributed by atoms with Crippen LogP contribution in [0.15, 0.2) is 23.6 Å². The summed E-state index contributed by atoms with van der Waals surface area (Å²) in [5.74, 6) is 1.56. The normalized spacial score (nSPS) is 21.7. The van der Waals surface area contributed by atoms with E-state index in [0.29, 0.717) is 6.04 Å². The number of methoxy groups -OCH3 is 2. The average Bonchev–Trinajstić information content (AvgIpc) is 3.05. The van der Waals surface area contributed by atoms with Gasteiger partial charge < -0.3 is 14.2 Å². The topological polar surface area (TPSA) is 43.8 Å². The zero-order valence-corrected chi connectivity index (χ0v) is 15.4. The van der Waals surface area contributed by atoms with Crippen LogP contribution in [0.3, 0.4) is 0 Å². The third-order valence-corrected chi connectivity index (χ3v) is 5.22. The van der Waals surface area contributed by atoms with Crippen molar-refractivity contribution in [3.63, 3.8) is 0 Å². The first-order chi connectivity index (χ1) is 11.6. The third-order valence-electron chi connectivity index (χ3n) is 4.29. The maximum atomic E-state index is 5.70. The molecule has 0 aliphatic carbocycles. The summed E-state index contributed by atoms with van der Waals surface area (Å²) >= 11 is 1.65. The van der Waals surface area contributed by atoms with E-state index in [-0.39, 0.29) is 6.10 Å². The van der Waals surface area contributed by atoms with E-state index in [0.717, 1.165) is 47.5 Å². The van der Waals surface area contributed by atoms with Crippen molar-refractivity contribution >= 4 is 11.3 Å². The average molecular weight is 348 g/mol. The van der Waals surface area contributed by atoms with Crippen molar-refractivity contribution in [1.82, 2.24) is 9.88 Å². The number of morpholine rings is 1. The number of rotatable bonds is 5. The minimum absolute atomic E-state index is 0.279. The first-order valence-electron chi connectivity index (χ1n) is 8.13. The van der Waals surface area contributed by atoms with Crippen molar-refractivity contribution in [2.75, 3.05) is 27.4 Å². The Kier molecular flexibility index (Phi) is 5.38. The fourth-order valence-corrected chi connectivity index (χ4v) is 3.72. The Morgan fingerprint density at radius 3 is 2.88 bits per heavy atom. The van der Waals surface area contributed by atoms with Gasteiger partial charge in [0.2, 0.25) is 0 Å². The molecule has 1 aromatic carbocycles. The lowest BCUT2D eigenvalue weighted by Gasteiger charge is -2.36. The zero-order valence-electron chi connectivity index (χ0n) is 14.6. The number of thiazole rings is 1. The van der Waals surface area contributed by atoms with Gasteiger partial charge in [-0.25, -0.2) is 4.98 Å². The molecule has 1 fully saturated rings. The molecule has 1 aromatic heterocycles. The van der Waals surface area contributed by atoms with Crippen LogP contribution in [0.1, 0.15) is 19.5 Å². The fraction of sp³-hybridized carbons (Fsp3) is 0.500. The molecule has 5 nitrogen and oxygen atoms in total. The Balaban J connectivity index is 1.78. The SMILES string of the molecule is COc1ccc(-c2nc(CN3C[C@@H](C)OC[C@H]3C)cs2)c(OC)c1. The molecule has 130 valence electrons. The van der Waals surface area contributed by atoms with E-state index in [9.17, 15) is 0 Å². The van der Waals surface area contributed by atoms with Gasteiger partial charge >= 0.3 is 0 Å². The van der Waals surface area contributed by atoms with Crippen LogP contribution >= 0.6 is 11.3 Å². The number of aromatic nitrogens is 1. The highest BCUT2D eigenvalue weighted by atomic mass is 32.1. The van der Waals surface area contributed by atoms with Gasteiger partial charge in [-0.05, 0) is 26.0 Å². The van der Waals surface area contributed by atoms with Gasteiger partial charge in [0.25, 0.3) is 0 Å². The molecule has 3 rings (SSSR count). The van der Waals surface area contributed by atoms with Crippen LogP contribution in [0.5, 0.6) is 11.5 Å². The van der Waals surface area contributed by atoms with Gasteiger partial charge in [0.15, 0.2) is 0 Å². The highest BCUT2D eigenvalue weighted by Gasteiger charge is 2.24. The maximum Gasteiger partial charge on any atom is 0.132 e. The van der Waals surface area contributed by atoms with Gasteiger partial charge in [-0.2, -0.15) is 0 Å². The maximum absolute atomic E-state index is 5.70. The van der Waals surface area contributed by atoms with Crippen LogP contribution in [0.2, 0.25) is 0 Å². The Labute approximate surface area is 147 Å². The molecule has 2 atom stereocenters. The number of hydrogen-bond acceptors (Lipinski definition) is 6. The van der Waals surface area contributed by atoms with Crippen LogP contribution in [0.4, 0.5) is 0 Å². The molecule has 0 bridgehead atoms. The minimum atomic E-state index is 0.279. The fourth-order valence-electron chi connectivity index (χ4n) is 2.88. The zero-order chi connectivity index (χ0) is 17.1. The first-order valence-corrected chi connectivity index (χ1v) is 9.01. The lowest BCUT2D eigenvalue weighted by atomic mass is 10.2. The monoisotopic (exact) mass is 348 g/mol. The van der Waals surface area contributed by atoms with Gasteiger partial charge in [0, 0.05) is 30.6 Å². The Hall–Kier alpha value is -1.63. The predicted molar refractivity (Wildman–Crippen MR) is 95.9 cm³/mol. The smallest absolute Gasteiger partial charge is 0.132 e. The lowest BCUT2D eigenvalue weighted by molar-refractivity contribution is -0.0530. The highest BCUT2D eigenvalue weighted by molar-refractivity contribution is 7.13. The Morgan fingerprint density at radius 2 is 2.12 bits per heavy atom. The predicted octanol–water partition coefficient (Wildman–Crippen LogP) is 3.44. The molecule has 0 amide bonds. The highest BCUT2D eigenvalue weighted by Crippen LogP contribution is 2.35. The summed E-state index contributed by atoms with van der Waals surface area (Å²) in [5.41, 5.74) is 2.09. The van der Waals surface area contributed by atoms with Crippen LogP contribution in [-0.4, -0.2) is 49.4 Å². The molecule has 0 unspecified atom stereocenters. The van der Waals surface area contributed by atoms with Crippen molar-refractivity contribution in [1.29, 1.82) is 0 Å². The molecule has 1 aliphatic rings. The number of nitrogens with zero attached hydrogens (tertiary/aromatic N) is 2. The van der Waals surface area contributed by atoms with Crippen molar-refractivity contribution in [3.05, 3.63) is 29.3 Å². The summed E-state index contributed by atoms with van der Waals surface area (Å²) < 4.78 is 16.4. The summed E-state index contributed by atoms with van der Waals surface area (Å²) in [5, 5.41) is 3.10. The van der Waals surface area contributed by atoms with E-state index < -0.39 is 0 Å². The molecule has 1 saturated heterocycles. The molecule has 0 radical (unpaired) electrons. The number of ether oxygens (including phenoxy) is 3. The standard InChI is InChI=1S/C18H24N2O3S/c1-12-10-23-13(2)8-20(12)9-14-11-24-18(19-14)16-6-5-15(21-3)7-17(16)22-4/h5-7,11-13H,8-10H2,1-4H3/t12-,13-/m1/s1. The molecule has 2 heterocycles. The van der Waals surface area contributed by atoms with Gasteiger partial charge in [0.05, 0.1) is 38.2 Å². The van der Waals surface area contributed by atoms with E-state index in [2.05, 4.69) is 24.1 Å². The molecule has 1 aliphatic heterocycles. The van der Waals surface area contributed by atoms with Crippen LogP contribution < -0.4 is 9.47 Å². The second kappa shape index (κ2) is 7.51. The van der Waals surface area contributed by atoms with E-state index in [1.165, 1.54) is 0 Å². The van der Waals surface area contributed by atoms with Crippen molar-refractivity contribution in [2.24, 2.45) is 0 Å². The molecule has 24 heavy (non-hydrogen) atoms. The Morgan fingerprint density at radius 1 is 1.29 bits per heavy atom. The van der Waals surface area contributed by atoms with Crippen molar-refractivity contribution < 1.29 is 14.2 Å². The van der Waals surface area contributed by atoms with E-state index in [1.807, 2.05) is 18.2 Å². The number of benzene rings is 1. The Bertz CT molecular complexity index is 689. The first kappa shape index (κ1) is 17.2.